The van der Waals surface area contributed by atoms with E-state index in [1.54, 1.807) is 24.0 Å². The zero-order valence-corrected chi connectivity index (χ0v) is 11.3. The standard InChI is InChI=1S/C10H13N5S2/c1-15-4-3-12-8(15)6-17-10-13-7(11)5-9(14-10)16-2/h3-5H,6H2,1-2H3,(H2,11,13,14). The van der Waals surface area contributed by atoms with Crippen molar-refractivity contribution in [3.05, 3.63) is 24.3 Å². The molecule has 0 saturated carbocycles. The highest BCUT2D eigenvalue weighted by Crippen LogP contribution is 2.22. The second kappa shape index (κ2) is 5.42. The maximum Gasteiger partial charge on any atom is 0.191 e. The number of hydrogen-bond donors (Lipinski definition) is 1. The lowest BCUT2D eigenvalue weighted by molar-refractivity contribution is 0.844. The summed E-state index contributed by atoms with van der Waals surface area (Å²) in [6.45, 7) is 0. The Balaban J connectivity index is 2.09. The van der Waals surface area contributed by atoms with Crippen molar-refractivity contribution in [3.8, 4) is 0 Å². The van der Waals surface area contributed by atoms with E-state index >= 15 is 0 Å². The molecule has 0 aromatic carbocycles. The van der Waals surface area contributed by atoms with Crippen LogP contribution in [0.5, 0.6) is 0 Å². The number of aryl methyl sites for hydroxylation is 1. The molecule has 2 heterocycles. The predicted octanol–water partition coefficient (Wildman–Crippen LogP) is 1.81. The summed E-state index contributed by atoms with van der Waals surface area (Å²) in [5.74, 6) is 2.24. The molecule has 7 heteroatoms. The highest BCUT2D eigenvalue weighted by Gasteiger charge is 2.05. The van der Waals surface area contributed by atoms with Gasteiger partial charge in [-0.05, 0) is 6.26 Å². The SMILES string of the molecule is CSc1cc(N)nc(SCc2nccn2C)n1. The van der Waals surface area contributed by atoms with Crippen LogP contribution in [0.2, 0.25) is 0 Å². The minimum atomic E-state index is 0.506. The third-order valence-corrected chi connectivity index (χ3v) is 3.63. The van der Waals surface area contributed by atoms with E-state index in [9.17, 15) is 0 Å². The third kappa shape index (κ3) is 3.13. The molecule has 0 amide bonds. The molecule has 2 rings (SSSR count). The summed E-state index contributed by atoms with van der Waals surface area (Å²) in [7, 11) is 1.97. The molecule has 0 aliphatic carbocycles. The average Bonchev–Trinajstić information content (AvgIpc) is 2.71. The van der Waals surface area contributed by atoms with Crippen molar-refractivity contribution in [1.29, 1.82) is 0 Å². The summed E-state index contributed by atoms with van der Waals surface area (Å²) in [6, 6.07) is 1.77. The number of thioether (sulfide) groups is 2. The van der Waals surface area contributed by atoms with Gasteiger partial charge in [-0.1, -0.05) is 11.8 Å². The van der Waals surface area contributed by atoms with E-state index < -0.39 is 0 Å². The Hall–Kier alpha value is -1.21. The fourth-order valence-electron chi connectivity index (χ4n) is 1.25. The first-order chi connectivity index (χ1) is 8.19. The van der Waals surface area contributed by atoms with Gasteiger partial charge in [-0.25, -0.2) is 15.0 Å². The van der Waals surface area contributed by atoms with Crippen molar-refractivity contribution in [3.63, 3.8) is 0 Å². The van der Waals surface area contributed by atoms with Crippen LogP contribution < -0.4 is 5.73 Å². The largest absolute Gasteiger partial charge is 0.384 e. The van der Waals surface area contributed by atoms with Gasteiger partial charge in [0.25, 0.3) is 0 Å². The quantitative estimate of drug-likeness (QED) is 0.517. The normalized spacial score (nSPS) is 10.7. The number of anilines is 1. The van der Waals surface area contributed by atoms with Gasteiger partial charge in [-0.3, -0.25) is 0 Å². The molecule has 2 aromatic rings. The van der Waals surface area contributed by atoms with E-state index in [1.807, 2.05) is 24.1 Å². The Morgan fingerprint density at radius 1 is 1.41 bits per heavy atom. The summed E-state index contributed by atoms with van der Waals surface area (Å²) in [4.78, 5) is 12.8. The number of aromatic nitrogens is 4. The number of imidazole rings is 1. The molecule has 5 nitrogen and oxygen atoms in total. The molecule has 90 valence electrons. The summed E-state index contributed by atoms with van der Waals surface area (Å²) < 4.78 is 1.98. The van der Waals surface area contributed by atoms with Gasteiger partial charge in [0.1, 0.15) is 16.7 Å². The predicted molar refractivity (Wildman–Crippen MR) is 71.0 cm³/mol. The molecule has 2 N–H and O–H groups in total. The summed E-state index contributed by atoms with van der Waals surface area (Å²) in [5.41, 5.74) is 5.72. The van der Waals surface area contributed by atoms with Gasteiger partial charge in [0.15, 0.2) is 5.16 Å². The molecule has 0 spiro atoms. The molecule has 17 heavy (non-hydrogen) atoms. The Morgan fingerprint density at radius 3 is 2.88 bits per heavy atom. The Kier molecular flexibility index (Phi) is 3.90. The van der Waals surface area contributed by atoms with Gasteiger partial charge in [-0.2, -0.15) is 0 Å². The van der Waals surface area contributed by atoms with Crippen LogP contribution in [-0.2, 0) is 12.8 Å². The third-order valence-electron chi connectivity index (χ3n) is 2.16. The van der Waals surface area contributed by atoms with Gasteiger partial charge in [-0.15, -0.1) is 11.8 Å². The lowest BCUT2D eigenvalue weighted by Gasteiger charge is -2.03. The van der Waals surface area contributed by atoms with Gasteiger partial charge < -0.3 is 10.3 Å². The van der Waals surface area contributed by atoms with Crippen LogP contribution in [-0.4, -0.2) is 25.8 Å². The van der Waals surface area contributed by atoms with Gasteiger partial charge >= 0.3 is 0 Å². The molecule has 0 bridgehead atoms. The first-order valence-electron chi connectivity index (χ1n) is 4.96. The molecule has 2 aromatic heterocycles. The van der Waals surface area contributed by atoms with Crippen molar-refractivity contribution >= 4 is 29.3 Å². The first kappa shape index (κ1) is 12.3. The zero-order chi connectivity index (χ0) is 12.3. The topological polar surface area (TPSA) is 69.6 Å². The number of hydrogen-bond acceptors (Lipinski definition) is 6. The van der Waals surface area contributed by atoms with Crippen molar-refractivity contribution in [2.75, 3.05) is 12.0 Å². The Morgan fingerprint density at radius 2 is 2.24 bits per heavy atom. The molecular formula is C10H13N5S2. The van der Waals surface area contributed by atoms with Crippen LogP contribution in [0, 0.1) is 0 Å². The maximum atomic E-state index is 5.72. The van der Waals surface area contributed by atoms with E-state index in [-0.39, 0.29) is 0 Å². The summed E-state index contributed by atoms with van der Waals surface area (Å²) in [5, 5.41) is 1.58. The van der Waals surface area contributed by atoms with E-state index in [1.165, 1.54) is 11.8 Å². The lowest BCUT2D eigenvalue weighted by Crippen LogP contribution is -1.98. The zero-order valence-electron chi connectivity index (χ0n) is 9.62. The Bertz CT molecular complexity index is 511. The van der Waals surface area contributed by atoms with Crippen LogP contribution >= 0.6 is 23.5 Å². The molecule has 0 aliphatic heterocycles. The fraction of sp³-hybridized carbons (Fsp3) is 0.300. The molecule has 0 radical (unpaired) electrons. The van der Waals surface area contributed by atoms with E-state index in [0.717, 1.165) is 16.6 Å². The van der Waals surface area contributed by atoms with Crippen LogP contribution in [0.25, 0.3) is 0 Å². The molecule has 0 saturated heterocycles. The second-order valence-corrected chi connectivity index (χ2v) is 5.13. The first-order valence-corrected chi connectivity index (χ1v) is 7.17. The number of nitrogens with two attached hydrogens (primary N) is 1. The van der Waals surface area contributed by atoms with Gasteiger partial charge in [0.05, 0.1) is 5.75 Å². The summed E-state index contributed by atoms with van der Waals surface area (Å²) >= 11 is 3.10. The number of nitrogen functional groups attached to an aromatic ring is 1. The van der Waals surface area contributed by atoms with E-state index in [0.29, 0.717) is 11.0 Å². The Labute approximate surface area is 108 Å². The monoisotopic (exact) mass is 267 g/mol. The van der Waals surface area contributed by atoms with Crippen LogP contribution in [0.1, 0.15) is 5.82 Å². The van der Waals surface area contributed by atoms with Gasteiger partial charge in [0.2, 0.25) is 0 Å². The van der Waals surface area contributed by atoms with Crippen molar-refractivity contribution in [2.24, 2.45) is 7.05 Å². The number of nitrogens with zero attached hydrogens (tertiary/aromatic N) is 4. The number of rotatable bonds is 4. The average molecular weight is 267 g/mol. The molecular weight excluding hydrogens is 254 g/mol. The van der Waals surface area contributed by atoms with Crippen LogP contribution in [0.4, 0.5) is 5.82 Å². The second-order valence-electron chi connectivity index (χ2n) is 3.36. The fourth-order valence-corrected chi connectivity index (χ4v) is 2.60. The molecule has 0 fully saturated rings. The highest BCUT2D eigenvalue weighted by molar-refractivity contribution is 7.99. The van der Waals surface area contributed by atoms with Crippen molar-refractivity contribution in [1.82, 2.24) is 19.5 Å². The van der Waals surface area contributed by atoms with E-state index in [2.05, 4.69) is 15.0 Å². The van der Waals surface area contributed by atoms with Crippen molar-refractivity contribution < 1.29 is 0 Å². The minimum absolute atomic E-state index is 0.506. The smallest absolute Gasteiger partial charge is 0.191 e. The highest BCUT2D eigenvalue weighted by atomic mass is 32.2. The minimum Gasteiger partial charge on any atom is -0.384 e. The van der Waals surface area contributed by atoms with Crippen LogP contribution in [0.15, 0.2) is 28.6 Å². The van der Waals surface area contributed by atoms with Crippen molar-refractivity contribution in [2.45, 2.75) is 15.9 Å². The van der Waals surface area contributed by atoms with E-state index in [4.69, 9.17) is 5.73 Å². The molecule has 0 aliphatic rings. The lowest BCUT2D eigenvalue weighted by atomic mass is 10.6. The van der Waals surface area contributed by atoms with Crippen LogP contribution in [0.3, 0.4) is 0 Å². The van der Waals surface area contributed by atoms with Gasteiger partial charge in [0, 0.05) is 25.5 Å². The maximum absolute atomic E-state index is 5.72. The molecule has 0 atom stereocenters. The summed E-state index contributed by atoms with van der Waals surface area (Å²) in [6.07, 6.45) is 5.67. The molecule has 0 unspecified atom stereocenters.